The summed E-state index contributed by atoms with van der Waals surface area (Å²) < 4.78 is 17.2. The van der Waals surface area contributed by atoms with Crippen molar-refractivity contribution in [2.24, 2.45) is 0 Å². The number of rotatable bonds is 8. The summed E-state index contributed by atoms with van der Waals surface area (Å²) in [7, 11) is -1.80. The molecular formula is C21H34BNO6Si. The molecule has 1 amide bonds. The summed E-state index contributed by atoms with van der Waals surface area (Å²) in [6, 6.07) is 7.94. The SMILES string of the molecule is CC1(C)OB(c2ccc(C(CNC(=O)OCC[Si](C)(C)C)C(=O)O)cc2)OC1(C)C. The number of hydrogen-bond acceptors (Lipinski definition) is 5. The Bertz CT molecular complexity index is 744. The number of benzene rings is 1. The van der Waals surface area contributed by atoms with E-state index in [1.165, 1.54) is 0 Å². The molecule has 1 aliphatic rings. The monoisotopic (exact) mass is 435 g/mol. The highest BCUT2D eigenvalue weighted by Crippen LogP contribution is 2.36. The van der Waals surface area contributed by atoms with Crippen molar-refractivity contribution in [1.29, 1.82) is 0 Å². The van der Waals surface area contributed by atoms with Crippen LogP contribution in [-0.2, 0) is 18.8 Å². The van der Waals surface area contributed by atoms with Gasteiger partial charge in [0.2, 0.25) is 0 Å². The van der Waals surface area contributed by atoms with Gasteiger partial charge in [0.05, 0.1) is 23.7 Å². The van der Waals surface area contributed by atoms with E-state index in [0.29, 0.717) is 12.2 Å². The molecule has 0 aromatic heterocycles. The van der Waals surface area contributed by atoms with Crippen LogP contribution in [0.25, 0.3) is 0 Å². The number of alkyl carbamates (subject to hydrolysis) is 1. The second kappa shape index (κ2) is 9.11. The van der Waals surface area contributed by atoms with Crippen molar-refractivity contribution in [3.05, 3.63) is 29.8 Å². The number of amides is 1. The Labute approximate surface area is 180 Å². The van der Waals surface area contributed by atoms with Crippen molar-refractivity contribution in [3.8, 4) is 0 Å². The lowest BCUT2D eigenvalue weighted by atomic mass is 9.78. The molecule has 2 N–H and O–H groups in total. The zero-order chi connectivity index (χ0) is 22.7. The summed E-state index contributed by atoms with van der Waals surface area (Å²) in [6.07, 6.45) is -0.590. The van der Waals surface area contributed by atoms with Gasteiger partial charge in [-0.25, -0.2) is 4.79 Å². The van der Waals surface area contributed by atoms with Gasteiger partial charge in [-0.3, -0.25) is 4.79 Å². The normalized spacial score (nSPS) is 18.7. The van der Waals surface area contributed by atoms with Gasteiger partial charge in [0.1, 0.15) is 0 Å². The van der Waals surface area contributed by atoms with E-state index in [0.717, 1.165) is 11.5 Å². The van der Waals surface area contributed by atoms with Gasteiger partial charge in [0, 0.05) is 14.6 Å². The fourth-order valence-corrected chi connectivity index (χ4v) is 3.61. The molecule has 1 unspecified atom stereocenters. The molecule has 9 heteroatoms. The molecule has 1 aromatic rings. The highest BCUT2D eigenvalue weighted by molar-refractivity contribution is 6.76. The number of carboxylic acids is 1. The minimum absolute atomic E-state index is 0.0447. The van der Waals surface area contributed by atoms with Gasteiger partial charge in [0.15, 0.2) is 0 Å². The van der Waals surface area contributed by atoms with E-state index in [1.54, 1.807) is 24.3 Å². The molecule has 0 aliphatic carbocycles. The lowest BCUT2D eigenvalue weighted by molar-refractivity contribution is -0.138. The maximum atomic E-state index is 11.9. The molecule has 1 heterocycles. The summed E-state index contributed by atoms with van der Waals surface area (Å²) >= 11 is 0. The maximum absolute atomic E-state index is 11.9. The molecule has 1 atom stereocenters. The molecule has 0 saturated carbocycles. The number of ether oxygens (including phenoxy) is 1. The van der Waals surface area contributed by atoms with Gasteiger partial charge in [-0.15, -0.1) is 0 Å². The molecular weight excluding hydrogens is 401 g/mol. The van der Waals surface area contributed by atoms with Crippen LogP contribution in [0.3, 0.4) is 0 Å². The first-order chi connectivity index (χ1) is 13.7. The standard InChI is InChI=1S/C21H34BNO6Si/c1-20(2)21(3,4)29-22(28-20)16-10-8-15(9-11-16)17(18(24)25)14-23-19(26)27-12-13-30(5,6)7/h8-11,17H,12-14H2,1-7H3,(H,23,26)(H,24,25). The summed E-state index contributed by atoms with van der Waals surface area (Å²) in [6.45, 7) is 14.8. The summed E-state index contributed by atoms with van der Waals surface area (Å²) in [5.74, 6) is -1.89. The number of aliphatic carboxylic acids is 1. The van der Waals surface area contributed by atoms with Crippen LogP contribution >= 0.6 is 0 Å². The Morgan fingerprint density at radius 3 is 2.10 bits per heavy atom. The Balaban J connectivity index is 1.97. The number of carbonyl (C=O) groups excluding carboxylic acids is 1. The van der Waals surface area contributed by atoms with Crippen LogP contribution in [0.4, 0.5) is 4.79 Å². The molecule has 30 heavy (non-hydrogen) atoms. The highest BCUT2D eigenvalue weighted by Gasteiger charge is 2.51. The molecule has 1 aromatic carbocycles. The fraction of sp³-hybridized carbons (Fsp3) is 0.619. The van der Waals surface area contributed by atoms with Crippen LogP contribution in [0.5, 0.6) is 0 Å². The van der Waals surface area contributed by atoms with Gasteiger partial charge in [-0.2, -0.15) is 0 Å². The first kappa shape index (κ1) is 24.4. The smallest absolute Gasteiger partial charge is 0.481 e. The first-order valence-electron chi connectivity index (χ1n) is 10.3. The number of hydrogen-bond donors (Lipinski definition) is 2. The molecule has 0 spiro atoms. The van der Waals surface area contributed by atoms with Crippen LogP contribution in [0.2, 0.25) is 25.7 Å². The van der Waals surface area contributed by atoms with Crippen LogP contribution in [0, 0.1) is 0 Å². The quantitative estimate of drug-likeness (QED) is 0.609. The van der Waals surface area contributed by atoms with Gasteiger partial charge < -0.3 is 24.5 Å². The van der Waals surface area contributed by atoms with Crippen LogP contribution in [0.15, 0.2) is 24.3 Å². The third-order valence-electron chi connectivity index (χ3n) is 5.70. The Morgan fingerprint density at radius 2 is 1.63 bits per heavy atom. The second-order valence-corrected chi connectivity index (χ2v) is 15.6. The number of carbonyl (C=O) groups is 2. The molecule has 0 bridgehead atoms. The minimum atomic E-state index is -1.29. The van der Waals surface area contributed by atoms with E-state index < -0.39 is 44.4 Å². The molecule has 0 radical (unpaired) electrons. The van der Waals surface area contributed by atoms with Gasteiger partial charge in [-0.05, 0) is 44.8 Å². The third kappa shape index (κ3) is 6.33. The molecule has 2 rings (SSSR count). The second-order valence-electron chi connectivity index (χ2n) is 9.97. The van der Waals surface area contributed by atoms with E-state index in [9.17, 15) is 14.7 Å². The predicted octanol–water partition coefficient (Wildman–Crippen LogP) is 3.22. The molecule has 1 fully saturated rings. The average Bonchev–Trinajstić information content (AvgIpc) is 2.82. The van der Waals surface area contributed by atoms with Crippen molar-refractivity contribution < 1.29 is 28.7 Å². The number of nitrogens with one attached hydrogen (secondary N) is 1. The van der Waals surface area contributed by atoms with Crippen molar-refractivity contribution in [2.45, 2.75) is 70.5 Å². The zero-order valence-corrected chi connectivity index (χ0v) is 20.1. The lowest BCUT2D eigenvalue weighted by Gasteiger charge is -2.32. The third-order valence-corrected chi connectivity index (χ3v) is 7.40. The van der Waals surface area contributed by atoms with Crippen molar-refractivity contribution >= 4 is 32.7 Å². The van der Waals surface area contributed by atoms with E-state index in [2.05, 4.69) is 25.0 Å². The molecule has 1 aliphatic heterocycles. The van der Waals surface area contributed by atoms with Crippen LogP contribution < -0.4 is 10.8 Å². The van der Waals surface area contributed by atoms with E-state index in [4.69, 9.17) is 14.0 Å². The first-order valence-corrected chi connectivity index (χ1v) is 14.0. The molecule has 1 saturated heterocycles. The van der Waals surface area contributed by atoms with Crippen molar-refractivity contribution in [3.63, 3.8) is 0 Å². The van der Waals surface area contributed by atoms with Crippen molar-refractivity contribution in [2.75, 3.05) is 13.2 Å². The van der Waals surface area contributed by atoms with E-state index in [1.807, 2.05) is 27.7 Å². The van der Waals surface area contributed by atoms with E-state index >= 15 is 0 Å². The van der Waals surface area contributed by atoms with Crippen LogP contribution in [0.1, 0.15) is 39.2 Å². The predicted molar refractivity (Wildman–Crippen MR) is 120 cm³/mol. The largest absolute Gasteiger partial charge is 0.494 e. The summed E-state index contributed by atoms with van der Waals surface area (Å²) in [5, 5.41) is 12.2. The topological polar surface area (TPSA) is 94.1 Å². The van der Waals surface area contributed by atoms with Crippen LogP contribution in [-0.4, -0.2) is 56.7 Å². The van der Waals surface area contributed by atoms with Gasteiger partial charge in [-0.1, -0.05) is 43.9 Å². The summed E-state index contributed by atoms with van der Waals surface area (Å²) in [4.78, 5) is 23.6. The Hall–Kier alpha value is -1.84. The lowest BCUT2D eigenvalue weighted by Crippen LogP contribution is -2.41. The molecule has 166 valence electrons. The number of carboxylic acid groups (broad SMARTS) is 1. The summed E-state index contributed by atoms with van der Waals surface area (Å²) in [5.41, 5.74) is 0.518. The fourth-order valence-electron chi connectivity index (χ4n) is 2.90. The molecule has 7 nitrogen and oxygen atoms in total. The Kier molecular flexibility index (Phi) is 7.42. The van der Waals surface area contributed by atoms with Crippen molar-refractivity contribution in [1.82, 2.24) is 5.32 Å². The van der Waals surface area contributed by atoms with E-state index in [-0.39, 0.29) is 6.54 Å². The average molecular weight is 435 g/mol. The Morgan fingerprint density at radius 1 is 1.10 bits per heavy atom. The van der Waals surface area contributed by atoms with Gasteiger partial charge in [0.25, 0.3) is 0 Å². The highest BCUT2D eigenvalue weighted by atomic mass is 28.3. The minimum Gasteiger partial charge on any atom is -0.481 e. The van der Waals surface area contributed by atoms with Gasteiger partial charge >= 0.3 is 19.2 Å². The maximum Gasteiger partial charge on any atom is 0.494 e. The zero-order valence-electron chi connectivity index (χ0n) is 19.1.